The van der Waals surface area contributed by atoms with E-state index >= 15 is 0 Å². The highest BCUT2D eigenvalue weighted by molar-refractivity contribution is 7.89. The third-order valence-electron chi connectivity index (χ3n) is 3.23. The lowest BCUT2D eigenvalue weighted by Crippen LogP contribution is -2.31. The Balaban J connectivity index is 2.71. The number of nitrogens with one attached hydrogen (secondary N) is 2. The lowest BCUT2D eigenvalue weighted by Gasteiger charge is -2.16. The van der Waals surface area contributed by atoms with Crippen LogP contribution in [0.15, 0.2) is 29.2 Å². The predicted octanol–water partition coefficient (Wildman–Crippen LogP) is 2.31. The van der Waals surface area contributed by atoms with Crippen molar-refractivity contribution in [2.45, 2.75) is 51.0 Å². The van der Waals surface area contributed by atoms with Gasteiger partial charge in [0.1, 0.15) is 0 Å². The Morgan fingerprint density at radius 2 is 1.75 bits per heavy atom. The van der Waals surface area contributed by atoms with Crippen molar-refractivity contribution in [3.05, 3.63) is 29.8 Å². The van der Waals surface area contributed by atoms with Gasteiger partial charge in [0, 0.05) is 12.6 Å². The van der Waals surface area contributed by atoms with E-state index in [0.29, 0.717) is 17.5 Å². The molecule has 0 aliphatic rings. The molecule has 1 aromatic rings. The summed E-state index contributed by atoms with van der Waals surface area (Å²) in [5, 5.41) is 3.50. The van der Waals surface area contributed by atoms with Crippen LogP contribution in [-0.4, -0.2) is 27.5 Å². The summed E-state index contributed by atoms with van der Waals surface area (Å²) in [6.45, 7) is 7.52. The van der Waals surface area contributed by atoms with E-state index in [-0.39, 0.29) is 0 Å². The van der Waals surface area contributed by atoms with E-state index in [0.717, 1.165) is 31.4 Å². The maximum absolute atomic E-state index is 11.8. The molecule has 1 rings (SSSR count). The van der Waals surface area contributed by atoms with Crippen LogP contribution in [0.2, 0.25) is 0 Å². The third kappa shape index (κ3) is 5.23. The van der Waals surface area contributed by atoms with Crippen LogP contribution in [0.4, 0.5) is 0 Å². The van der Waals surface area contributed by atoms with E-state index in [1.54, 1.807) is 19.1 Å². The van der Waals surface area contributed by atoms with Crippen molar-refractivity contribution in [3.63, 3.8) is 0 Å². The van der Waals surface area contributed by atoms with Gasteiger partial charge in [0.2, 0.25) is 10.0 Å². The quantitative estimate of drug-likeness (QED) is 0.735. The Labute approximate surface area is 123 Å². The summed E-state index contributed by atoms with van der Waals surface area (Å²) in [4.78, 5) is 0.331. The number of hydrogen-bond donors (Lipinski definition) is 2. The van der Waals surface area contributed by atoms with Crippen molar-refractivity contribution in [2.75, 3.05) is 13.1 Å². The molecular formula is C15H26N2O2S. The number of sulfonamides is 1. The minimum atomic E-state index is -3.34. The van der Waals surface area contributed by atoms with Crippen molar-refractivity contribution in [2.24, 2.45) is 0 Å². The molecule has 20 heavy (non-hydrogen) atoms. The van der Waals surface area contributed by atoms with Gasteiger partial charge in [-0.3, -0.25) is 0 Å². The molecule has 0 heterocycles. The van der Waals surface area contributed by atoms with Gasteiger partial charge in [0.25, 0.3) is 0 Å². The van der Waals surface area contributed by atoms with Crippen molar-refractivity contribution in [1.82, 2.24) is 10.0 Å². The Hall–Kier alpha value is -0.910. The topological polar surface area (TPSA) is 58.2 Å². The van der Waals surface area contributed by atoms with Gasteiger partial charge in [-0.1, -0.05) is 32.9 Å². The number of rotatable bonds is 9. The number of hydrogen-bond acceptors (Lipinski definition) is 3. The van der Waals surface area contributed by atoms with E-state index in [2.05, 4.69) is 23.9 Å². The van der Waals surface area contributed by atoms with Crippen LogP contribution in [0, 0.1) is 0 Å². The van der Waals surface area contributed by atoms with E-state index in [1.807, 2.05) is 12.1 Å². The fourth-order valence-corrected chi connectivity index (χ4v) is 3.11. The minimum Gasteiger partial charge on any atom is -0.314 e. The van der Waals surface area contributed by atoms with Crippen LogP contribution in [0.1, 0.15) is 39.2 Å². The SMILES string of the molecule is CCCNC(CC)Cc1ccc(S(=O)(=O)NCC)cc1. The second-order valence-electron chi connectivity index (χ2n) is 4.91. The molecule has 0 fully saturated rings. The second kappa shape index (κ2) is 8.39. The predicted molar refractivity (Wildman–Crippen MR) is 83.4 cm³/mol. The molecule has 114 valence electrons. The van der Waals surface area contributed by atoms with Gasteiger partial charge in [-0.05, 0) is 43.5 Å². The van der Waals surface area contributed by atoms with E-state index in [1.165, 1.54) is 0 Å². The van der Waals surface area contributed by atoms with Crippen molar-refractivity contribution < 1.29 is 8.42 Å². The fourth-order valence-electron chi connectivity index (χ4n) is 2.07. The smallest absolute Gasteiger partial charge is 0.240 e. The van der Waals surface area contributed by atoms with Gasteiger partial charge >= 0.3 is 0 Å². The van der Waals surface area contributed by atoms with E-state index in [4.69, 9.17) is 0 Å². The van der Waals surface area contributed by atoms with E-state index < -0.39 is 10.0 Å². The fraction of sp³-hybridized carbons (Fsp3) is 0.600. The van der Waals surface area contributed by atoms with Crippen LogP contribution in [0.5, 0.6) is 0 Å². The van der Waals surface area contributed by atoms with Crippen LogP contribution in [0.3, 0.4) is 0 Å². The summed E-state index contributed by atoms with van der Waals surface area (Å²) in [7, 11) is -3.34. The maximum Gasteiger partial charge on any atom is 0.240 e. The highest BCUT2D eigenvalue weighted by Gasteiger charge is 2.12. The van der Waals surface area contributed by atoms with Gasteiger partial charge in [0.15, 0.2) is 0 Å². The molecule has 0 aliphatic heterocycles. The van der Waals surface area contributed by atoms with Crippen LogP contribution >= 0.6 is 0 Å². The van der Waals surface area contributed by atoms with Gasteiger partial charge in [-0.15, -0.1) is 0 Å². The molecule has 0 radical (unpaired) electrons. The summed E-state index contributed by atoms with van der Waals surface area (Å²) in [6.07, 6.45) is 3.12. The van der Waals surface area contributed by atoms with Gasteiger partial charge in [-0.25, -0.2) is 13.1 Å². The third-order valence-corrected chi connectivity index (χ3v) is 4.79. The molecule has 2 N–H and O–H groups in total. The first kappa shape index (κ1) is 17.1. The average molecular weight is 298 g/mol. The molecule has 1 aromatic carbocycles. The first-order chi connectivity index (χ1) is 9.53. The van der Waals surface area contributed by atoms with Gasteiger partial charge in [0.05, 0.1) is 4.90 Å². The van der Waals surface area contributed by atoms with E-state index in [9.17, 15) is 8.42 Å². The molecule has 0 bridgehead atoms. The molecule has 0 aromatic heterocycles. The van der Waals surface area contributed by atoms with Gasteiger partial charge in [-0.2, -0.15) is 0 Å². The molecular weight excluding hydrogens is 272 g/mol. The Kier molecular flexibility index (Phi) is 7.19. The molecule has 4 nitrogen and oxygen atoms in total. The van der Waals surface area contributed by atoms with Crippen LogP contribution < -0.4 is 10.0 Å². The molecule has 0 amide bonds. The second-order valence-corrected chi connectivity index (χ2v) is 6.68. The van der Waals surface area contributed by atoms with Gasteiger partial charge < -0.3 is 5.32 Å². The summed E-state index contributed by atoms with van der Waals surface area (Å²) in [5.41, 5.74) is 1.16. The summed E-state index contributed by atoms with van der Waals surface area (Å²) >= 11 is 0. The highest BCUT2D eigenvalue weighted by atomic mass is 32.2. The molecule has 0 saturated heterocycles. The zero-order chi connectivity index (χ0) is 15.0. The van der Waals surface area contributed by atoms with Crippen molar-refractivity contribution in [1.29, 1.82) is 0 Å². The van der Waals surface area contributed by atoms with Crippen molar-refractivity contribution >= 4 is 10.0 Å². The molecule has 0 aliphatic carbocycles. The first-order valence-electron chi connectivity index (χ1n) is 7.35. The molecule has 0 spiro atoms. The zero-order valence-electron chi connectivity index (χ0n) is 12.6. The molecule has 5 heteroatoms. The standard InChI is InChI=1S/C15H26N2O2S/c1-4-11-16-14(5-2)12-13-7-9-15(10-8-13)20(18,19)17-6-3/h7-10,14,16-17H,4-6,11-12H2,1-3H3. The summed E-state index contributed by atoms with van der Waals surface area (Å²) in [6, 6.07) is 7.62. The lowest BCUT2D eigenvalue weighted by molar-refractivity contribution is 0.494. The highest BCUT2D eigenvalue weighted by Crippen LogP contribution is 2.12. The molecule has 1 unspecified atom stereocenters. The maximum atomic E-state index is 11.8. The number of benzene rings is 1. The van der Waals surface area contributed by atoms with Crippen LogP contribution in [-0.2, 0) is 16.4 Å². The average Bonchev–Trinajstić information content (AvgIpc) is 2.44. The molecule has 1 atom stereocenters. The summed E-state index contributed by atoms with van der Waals surface area (Å²) < 4.78 is 26.2. The zero-order valence-corrected chi connectivity index (χ0v) is 13.5. The normalized spacial score (nSPS) is 13.3. The van der Waals surface area contributed by atoms with Crippen molar-refractivity contribution in [3.8, 4) is 0 Å². The Bertz CT molecular complexity index is 483. The Morgan fingerprint density at radius 1 is 1.10 bits per heavy atom. The van der Waals surface area contributed by atoms with Crippen LogP contribution in [0.25, 0.3) is 0 Å². The first-order valence-corrected chi connectivity index (χ1v) is 8.83. The lowest BCUT2D eigenvalue weighted by atomic mass is 10.0. The minimum absolute atomic E-state index is 0.331. The summed E-state index contributed by atoms with van der Waals surface area (Å²) in [5.74, 6) is 0. The monoisotopic (exact) mass is 298 g/mol. The Morgan fingerprint density at radius 3 is 2.25 bits per heavy atom. The largest absolute Gasteiger partial charge is 0.314 e. The molecule has 0 saturated carbocycles.